The van der Waals surface area contributed by atoms with Crippen LogP contribution in [-0.2, 0) is 16.0 Å². The highest BCUT2D eigenvalue weighted by Gasteiger charge is 2.16. The molecule has 0 aliphatic heterocycles. The van der Waals surface area contributed by atoms with Crippen LogP contribution in [0.2, 0.25) is 5.02 Å². The SMILES string of the molecule is COC(=O)[C@@H](N)Cc1cccc(C)c1Cl. The van der Waals surface area contributed by atoms with E-state index in [2.05, 4.69) is 4.74 Å². The number of nitrogens with two attached hydrogens (primary N) is 1. The molecule has 0 unspecified atom stereocenters. The molecule has 0 fully saturated rings. The molecule has 0 saturated heterocycles. The highest BCUT2D eigenvalue weighted by atomic mass is 35.5. The summed E-state index contributed by atoms with van der Waals surface area (Å²) in [6, 6.07) is 5.00. The summed E-state index contributed by atoms with van der Waals surface area (Å²) in [6.45, 7) is 1.91. The van der Waals surface area contributed by atoms with Crippen LogP contribution in [0.15, 0.2) is 18.2 Å². The minimum Gasteiger partial charge on any atom is -0.468 e. The van der Waals surface area contributed by atoms with E-state index < -0.39 is 12.0 Å². The number of halogens is 1. The summed E-state index contributed by atoms with van der Waals surface area (Å²) < 4.78 is 4.55. The first-order chi connectivity index (χ1) is 7.06. The number of methoxy groups -OCH3 is 1. The fraction of sp³-hybridized carbons (Fsp3) is 0.364. The van der Waals surface area contributed by atoms with Crippen LogP contribution in [0.3, 0.4) is 0 Å². The van der Waals surface area contributed by atoms with Gasteiger partial charge in [0, 0.05) is 5.02 Å². The maximum Gasteiger partial charge on any atom is 0.322 e. The molecule has 82 valence electrons. The topological polar surface area (TPSA) is 52.3 Å². The van der Waals surface area contributed by atoms with Crippen molar-refractivity contribution in [2.24, 2.45) is 5.73 Å². The molecule has 1 aromatic rings. The normalized spacial score (nSPS) is 12.3. The molecule has 15 heavy (non-hydrogen) atoms. The van der Waals surface area contributed by atoms with Gasteiger partial charge in [-0.25, -0.2) is 0 Å². The summed E-state index contributed by atoms with van der Waals surface area (Å²) >= 11 is 6.08. The standard InChI is InChI=1S/C11H14ClNO2/c1-7-4-3-5-8(10(7)12)6-9(13)11(14)15-2/h3-5,9H,6,13H2,1-2H3/t9-/m0/s1. The summed E-state index contributed by atoms with van der Waals surface area (Å²) in [6.07, 6.45) is 0.396. The molecule has 0 saturated carbocycles. The van der Waals surface area contributed by atoms with E-state index in [1.54, 1.807) is 0 Å². The fourth-order valence-corrected chi connectivity index (χ4v) is 1.54. The zero-order valence-corrected chi connectivity index (χ0v) is 9.54. The summed E-state index contributed by atoms with van der Waals surface area (Å²) in [7, 11) is 1.32. The molecule has 4 heteroatoms. The Morgan fingerprint density at radius 1 is 1.60 bits per heavy atom. The Hall–Kier alpha value is -1.06. The predicted molar refractivity (Wildman–Crippen MR) is 59.9 cm³/mol. The highest BCUT2D eigenvalue weighted by molar-refractivity contribution is 6.32. The summed E-state index contributed by atoms with van der Waals surface area (Å²) in [5, 5.41) is 0.664. The minimum atomic E-state index is -0.658. The molecule has 3 nitrogen and oxygen atoms in total. The van der Waals surface area contributed by atoms with Crippen molar-refractivity contribution in [1.29, 1.82) is 0 Å². The Bertz CT molecular complexity index is 366. The average molecular weight is 228 g/mol. The van der Waals surface area contributed by atoms with Crippen molar-refractivity contribution in [1.82, 2.24) is 0 Å². The van der Waals surface area contributed by atoms with Crippen LogP contribution in [0.25, 0.3) is 0 Å². The lowest BCUT2D eigenvalue weighted by Crippen LogP contribution is -2.33. The van der Waals surface area contributed by atoms with E-state index in [0.29, 0.717) is 11.4 Å². The third-order valence-corrected chi connectivity index (χ3v) is 2.76. The summed E-state index contributed by atoms with van der Waals surface area (Å²) in [5.74, 6) is -0.424. The van der Waals surface area contributed by atoms with Crippen molar-refractivity contribution in [2.75, 3.05) is 7.11 Å². The first-order valence-electron chi connectivity index (χ1n) is 4.63. The van der Waals surface area contributed by atoms with E-state index >= 15 is 0 Å². The molecule has 1 atom stereocenters. The van der Waals surface area contributed by atoms with Gasteiger partial charge in [0.1, 0.15) is 6.04 Å². The third kappa shape index (κ3) is 2.94. The van der Waals surface area contributed by atoms with Crippen LogP contribution in [-0.4, -0.2) is 19.1 Å². The molecule has 1 aromatic carbocycles. The Kier molecular flexibility index (Phi) is 4.12. The largest absolute Gasteiger partial charge is 0.468 e. The quantitative estimate of drug-likeness (QED) is 0.800. The number of aryl methyl sites for hydroxylation is 1. The van der Waals surface area contributed by atoms with E-state index in [4.69, 9.17) is 17.3 Å². The maximum atomic E-state index is 11.1. The third-order valence-electron chi connectivity index (χ3n) is 2.22. The number of hydrogen-bond donors (Lipinski definition) is 1. The Labute approximate surface area is 94.2 Å². The van der Waals surface area contributed by atoms with E-state index in [1.165, 1.54) is 7.11 Å². The molecule has 0 bridgehead atoms. The second kappa shape index (κ2) is 5.14. The van der Waals surface area contributed by atoms with Crippen molar-refractivity contribution >= 4 is 17.6 Å². The molecule has 0 spiro atoms. The number of esters is 1. The van der Waals surface area contributed by atoms with E-state index in [1.807, 2.05) is 25.1 Å². The monoisotopic (exact) mass is 227 g/mol. The number of benzene rings is 1. The maximum absolute atomic E-state index is 11.1. The van der Waals surface area contributed by atoms with Crippen LogP contribution in [0.4, 0.5) is 0 Å². The molecule has 0 heterocycles. The summed E-state index contributed by atoms with van der Waals surface area (Å²) in [4.78, 5) is 11.1. The molecule has 0 aliphatic carbocycles. The van der Waals surface area contributed by atoms with Crippen molar-refractivity contribution in [2.45, 2.75) is 19.4 Å². The van der Waals surface area contributed by atoms with Gasteiger partial charge < -0.3 is 10.5 Å². The van der Waals surface area contributed by atoms with E-state index in [0.717, 1.165) is 11.1 Å². The first-order valence-corrected chi connectivity index (χ1v) is 5.01. The average Bonchev–Trinajstić information content (AvgIpc) is 2.23. The Morgan fingerprint density at radius 3 is 2.87 bits per heavy atom. The number of rotatable bonds is 3. The van der Waals surface area contributed by atoms with Gasteiger partial charge in [-0.1, -0.05) is 29.8 Å². The molecule has 0 amide bonds. The molecule has 0 radical (unpaired) electrons. The molecular weight excluding hydrogens is 214 g/mol. The van der Waals surface area contributed by atoms with Gasteiger partial charge >= 0.3 is 5.97 Å². The number of hydrogen-bond acceptors (Lipinski definition) is 3. The fourth-order valence-electron chi connectivity index (χ4n) is 1.34. The Balaban J connectivity index is 2.81. The van der Waals surface area contributed by atoms with Crippen LogP contribution >= 0.6 is 11.6 Å². The van der Waals surface area contributed by atoms with Gasteiger partial charge in [0.2, 0.25) is 0 Å². The van der Waals surface area contributed by atoms with Gasteiger partial charge in [0.05, 0.1) is 7.11 Å². The lowest BCUT2D eigenvalue weighted by Gasteiger charge is -2.11. The first kappa shape index (κ1) is 12.0. The van der Waals surface area contributed by atoms with Crippen molar-refractivity contribution in [3.8, 4) is 0 Å². The summed E-state index contributed by atoms with van der Waals surface area (Å²) in [5.41, 5.74) is 7.49. The smallest absolute Gasteiger partial charge is 0.322 e. The van der Waals surface area contributed by atoms with Gasteiger partial charge in [0.25, 0.3) is 0 Å². The van der Waals surface area contributed by atoms with Gasteiger partial charge in [-0.15, -0.1) is 0 Å². The lowest BCUT2D eigenvalue weighted by molar-refractivity contribution is -0.142. The van der Waals surface area contributed by atoms with Crippen LogP contribution in [0.1, 0.15) is 11.1 Å². The van der Waals surface area contributed by atoms with Gasteiger partial charge in [-0.2, -0.15) is 0 Å². The van der Waals surface area contributed by atoms with Gasteiger partial charge in [-0.3, -0.25) is 4.79 Å². The molecule has 2 N–H and O–H groups in total. The van der Waals surface area contributed by atoms with Crippen LogP contribution < -0.4 is 5.73 Å². The minimum absolute atomic E-state index is 0.396. The molecule has 0 aromatic heterocycles. The number of ether oxygens (including phenoxy) is 1. The zero-order valence-electron chi connectivity index (χ0n) is 8.79. The van der Waals surface area contributed by atoms with Gasteiger partial charge in [-0.05, 0) is 24.5 Å². The van der Waals surface area contributed by atoms with Gasteiger partial charge in [0.15, 0.2) is 0 Å². The number of carbonyl (C=O) groups excluding carboxylic acids is 1. The van der Waals surface area contributed by atoms with E-state index in [9.17, 15) is 4.79 Å². The van der Waals surface area contributed by atoms with Crippen molar-refractivity contribution < 1.29 is 9.53 Å². The lowest BCUT2D eigenvalue weighted by atomic mass is 10.0. The Morgan fingerprint density at radius 2 is 2.27 bits per heavy atom. The molecule has 0 aliphatic rings. The van der Waals surface area contributed by atoms with Crippen LogP contribution in [0, 0.1) is 6.92 Å². The predicted octanol–water partition coefficient (Wildman–Crippen LogP) is 1.69. The second-order valence-electron chi connectivity index (χ2n) is 3.38. The van der Waals surface area contributed by atoms with Crippen LogP contribution in [0.5, 0.6) is 0 Å². The zero-order chi connectivity index (χ0) is 11.4. The van der Waals surface area contributed by atoms with Crippen molar-refractivity contribution in [3.63, 3.8) is 0 Å². The second-order valence-corrected chi connectivity index (χ2v) is 3.76. The highest BCUT2D eigenvalue weighted by Crippen LogP contribution is 2.21. The van der Waals surface area contributed by atoms with Crippen molar-refractivity contribution in [3.05, 3.63) is 34.3 Å². The molecular formula is C11H14ClNO2. The van der Waals surface area contributed by atoms with E-state index in [-0.39, 0.29) is 0 Å². The number of carbonyl (C=O) groups is 1. The molecule has 1 rings (SSSR count).